The van der Waals surface area contributed by atoms with Crippen LogP contribution in [0.1, 0.15) is 19.3 Å². The van der Waals surface area contributed by atoms with Gasteiger partial charge in [0, 0.05) is 23.4 Å². The third-order valence-electron chi connectivity index (χ3n) is 2.16. The van der Waals surface area contributed by atoms with E-state index in [1.54, 1.807) is 0 Å². The molecule has 0 aliphatic heterocycles. The summed E-state index contributed by atoms with van der Waals surface area (Å²) in [6.45, 7) is 0. The van der Waals surface area contributed by atoms with Crippen molar-refractivity contribution in [1.29, 1.82) is 0 Å². The quantitative estimate of drug-likeness (QED) is 0.756. The molecule has 0 radical (unpaired) electrons. The number of hydrogen-bond donors (Lipinski definition) is 2. The van der Waals surface area contributed by atoms with Crippen LogP contribution in [0.5, 0.6) is 0 Å². The maximum absolute atomic E-state index is 12.1. The minimum atomic E-state index is -2.48. The number of amides is 1. The molecule has 0 aliphatic rings. The van der Waals surface area contributed by atoms with E-state index in [1.807, 2.05) is 0 Å². The first-order valence-electron chi connectivity index (χ1n) is 5.54. The van der Waals surface area contributed by atoms with Crippen molar-refractivity contribution in [2.45, 2.75) is 29.9 Å². The van der Waals surface area contributed by atoms with E-state index >= 15 is 0 Å². The van der Waals surface area contributed by atoms with Gasteiger partial charge in [0.2, 0.25) is 5.91 Å². The molecule has 2 N–H and O–H groups in total. The Kier molecular flexibility index (Phi) is 6.27. The molecule has 0 spiro atoms. The molecule has 0 unspecified atom stereocenters. The second kappa shape index (κ2) is 7.73. The fraction of sp³-hybridized carbons (Fsp3) is 0.333. The molecule has 1 aromatic carbocycles. The van der Waals surface area contributed by atoms with Crippen LogP contribution < -0.4 is 5.32 Å². The Morgan fingerprint density at radius 2 is 1.84 bits per heavy atom. The molecule has 1 amide bonds. The molecule has 1 rings (SSSR count). The summed E-state index contributed by atoms with van der Waals surface area (Å²) >= 11 is 0.432. The average Bonchev–Trinajstić information content (AvgIpc) is 2.30. The highest BCUT2D eigenvalue weighted by Crippen LogP contribution is 2.26. The van der Waals surface area contributed by atoms with Gasteiger partial charge in [0.05, 0.1) is 0 Å². The zero-order valence-electron chi connectivity index (χ0n) is 9.94. The number of halogens is 2. The van der Waals surface area contributed by atoms with Gasteiger partial charge in [-0.05, 0) is 30.7 Å². The largest absolute Gasteiger partial charge is 0.481 e. The van der Waals surface area contributed by atoms with Crippen molar-refractivity contribution in [3.05, 3.63) is 24.3 Å². The Hall–Kier alpha value is -1.63. The molecule has 0 bridgehead atoms. The summed E-state index contributed by atoms with van der Waals surface area (Å²) in [5, 5.41) is 11.0. The Morgan fingerprint density at radius 1 is 1.21 bits per heavy atom. The van der Waals surface area contributed by atoms with Gasteiger partial charge in [-0.1, -0.05) is 11.8 Å². The summed E-state index contributed by atoms with van der Waals surface area (Å²) in [5.41, 5.74) is 0.499. The number of carbonyl (C=O) groups is 2. The van der Waals surface area contributed by atoms with Crippen LogP contribution >= 0.6 is 11.8 Å². The number of anilines is 1. The Bertz CT molecular complexity index is 437. The van der Waals surface area contributed by atoms with Crippen LogP contribution in [0.15, 0.2) is 29.2 Å². The molecule has 0 aromatic heterocycles. The molecule has 4 nitrogen and oxygen atoms in total. The lowest BCUT2D eigenvalue weighted by Crippen LogP contribution is -2.11. The predicted molar refractivity (Wildman–Crippen MR) is 68.4 cm³/mol. The first-order valence-corrected chi connectivity index (χ1v) is 6.42. The number of aliphatic carboxylic acids is 1. The maximum atomic E-state index is 12.1. The van der Waals surface area contributed by atoms with Crippen molar-refractivity contribution in [3.63, 3.8) is 0 Å². The molecule has 0 atom stereocenters. The first kappa shape index (κ1) is 15.4. The molecular weight excluding hydrogens is 276 g/mol. The van der Waals surface area contributed by atoms with Gasteiger partial charge in [0.1, 0.15) is 0 Å². The smallest absolute Gasteiger partial charge is 0.303 e. The third-order valence-corrected chi connectivity index (χ3v) is 2.88. The molecule has 0 fully saturated rings. The normalized spacial score (nSPS) is 10.5. The third kappa shape index (κ3) is 6.76. The monoisotopic (exact) mass is 289 g/mol. The van der Waals surface area contributed by atoms with Crippen molar-refractivity contribution in [3.8, 4) is 0 Å². The fourth-order valence-corrected chi connectivity index (χ4v) is 1.84. The highest BCUT2D eigenvalue weighted by atomic mass is 32.2. The Morgan fingerprint density at radius 3 is 2.37 bits per heavy atom. The summed E-state index contributed by atoms with van der Waals surface area (Å²) in [5.74, 6) is -3.71. The van der Waals surface area contributed by atoms with Crippen molar-refractivity contribution in [1.82, 2.24) is 0 Å². The minimum absolute atomic E-state index is 0.0581. The molecule has 104 valence electrons. The van der Waals surface area contributed by atoms with Crippen LogP contribution in [0.4, 0.5) is 14.5 Å². The Labute approximate surface area is 113 Å². The van der Waals surface area contributed by atoms with E-state index in [4.69, 9.17) is 5.11 Å². The van der Waals surface area contributed by atoms with Gasteiger partial charge < -0.3 is 10.4 Å². The van der Waals surface area contributed by atoms with Crippen molar-refractivity contribution >= 4 is 29.3 Å². The summed E-state index contributed by atoms with van der Waals surface area (Å²) in [6.07, 6.45) is 0.317. The molecule has 1 aromatic rings. The zero-order valence-corrected chi connectivity index (χ0v) is 10.8. The average molecular weight is 289 g/mol. The van der Waals surface area contributed by atoms with Crippen LogP contribution in [0, 0.1) is 0 Å². The summed E-state index contributed by atoms with van der Waals surface area (Å²) in [6, 6.07) is 6.03. The van der Waals surface area contributed by atoms with E-state index in [0.29, 0.717) is 22.3 Å². The molecule has 19 heavy (non-hydrogen) atoms. The highest BCUT2D eigenvalue weighted by Gasteiger charge is 2.07. The standard InChI is InChI=1S/C12H13F2NO3S/c13-12(14)19-9-6-4-8(5-7-9)15-10(16)2-1-3-11(17)18/h4-7,12H,1-3H2,(H,15,16)(H,17,18). The van der Waals surface area contributed by atoms with Crippen LogP contribution in [-0.2, 0) is 9.59 Å². The van der Waals surface area contributed by atoms with Crippen molar-refractivity contribution in [2.75, 3.05) is 5.32 Å². The van der Waals surface area contributed by atoms with Crippen molar-refractivity contribution in [2.24, 2.45) is 0 Å². The number of carbonyl (C=O) groups excluding carboxylic acids is 1. The second-order valence-electron chi connectivity index (χ2n) is 3.70. The number of carboxylic acid groups (broad SMARTS) is 1. The van der Waals surface area contributed by atoms with Crippen LogP contribution in [0.25, 0.3) is 0 Å². The molecule has 0 aliphatic carbocycles. The minimum Gasteiger partial charge on any atom is -0.481 e. The van der Waals surface area contributed by atoms with E-state index < -0.39 is 11.7 Å². The number of rotatable bonds is 7. The maximum Gasteiger partial charge on any atom is 0.303 e. The van der Waals surface area contributed by atoms with E-state index in [0.717, 1.165) is 0 Å². The Balaban J connectivity index is 2.40. The van der Waals surface area contributed by atoms with Gasteiger partial charge in [-0.3, -0.25) is 9.59 Å². The number of carboxylic acids is 1. The van der Waals surface area contributed by atoms with E-state index in [2.05, 4.69) is 5.32 Å². The molecule has 0 saturated heterocycles. The molecule has 0 saturated carbocycles. The summed E-state index contributed by atoms with van der Waals surface area (Å²) in [7, 11) is 0. The van der Waals surface area contributed by atoms with Gasteiger partial charge in [0.25, 0.3) is 5.76 Å². The molecule has 7 heteroatoms. The van der Waals surface area contributed by atoms with Crippen LogP contribution in [0.3, 0.4) is 0 Å². The second-order valence-corrected chi connectivity index (χ2v) is 4.76. The molecular formula is C12H13F2NO3S. The van der Waals surface area contributed by atoms with Gasteiger partial charge in [-0.2, -0.15) is 8.78 Å². The number of hydrogen-bond acceptors (Lipinski definition) is 3. The number of nitrogens with one attached hydrogen (secondary N) is 1. The first-order chi connectivity index (χ1) is 8.97. The lowest BCUT2D eigenvalue weighted by atomic mass is 10.2. The number of alkyl halides is 2. The summed E-state index contributed by atoms with van der Waals surface area (Å²) < 4.78 is 24.2. The van der Waals surface area contributed by atoms with Crippen LogP contribution in [-0.4, -0.2) is 22.7 Å². The van der Waals surface area contributed by atoms with Crippen molar-refractivity contribution < 1.29 is 23.5 Å². The van der Waals surface area contributed by atoms with Crippen LogP contribution in [0.2, 0.25) is 0 Å². The van der Waals surface area contributed by atoms with E-state index in [9.17, 15) is 18.4 Å². The topological polar surface area (TPSA) is 66.4 Å². The van der Waals surface area contributed by atoms with Gasteiger partial charge in [-0.25, -0.2) is 0 Å². The SMILES string of the molecule is O=C(O)CCCC(=O)Nc1ccc(SC(F)F)cc1. The van der Waals surface area contributed by atoms with Gasteiger partial charge in [-0.15, -0.1) is 0 Å². The lowest BCUT2D eigenvalue weighted by Gasteiger charge is -2.06. The number of thioether (sulfide) groups is 1. The van der Waals surface area contributed by atoms with Gasteiger partial charge in [0.15, 0.2) is 0 Å². The predicted octanol–water partition coefficient (Wildman–Crippen LogP) is 3.19. The summed E-state index contributed by atoms with van der Waals surface area (Å²) in [4.78, 5) is 22.1. The van der Waals surface area contributed by atoms with E-state index in [1.165, 1.54) is 24.3 Å². The zero-order chi connectivity index (χ0) is 14.3. The molecule has 0 heterocycles. The number of benzene rings is 1. The fourth-order valence-electron chi connectivity index (χ4n) is 1.34. The lowest BCUT2D eigenvalue weighted by molar-refractivity contribution is -0.137. The van der Waals surface area contributed by atoms with E-state index in [-0.39, 0.29) is 25.2 Å². The van der Waals surface area contributed by atoms with Gasteiger partial charge >= 0.3 is 5.97 Å². The highest BCUT2D eigenvalue weighted by molar-refractivity contribution is 7.99.